The summed E-state index contributed by atoms with van der Waals surface area (Å²) in [4.78, 5) is 10.6. The van der Waals surface area contributed by atoms with Crippen molar-refractivity contribution in [1.29, 1.82) is 0 Å². The van der Waals surface area contributed by atoms with Crippen molar-refractivity contribution in [3.05, 3.63) is 6.07 Å². The predicted octanol–water partition coefficient (Wildman–Crippen LogP) is 0.840. The molecule has 1 saturated heterocycles. The third-order valence-electron chi connectivity index (χ3n) is 5.41. The van der Waals surface area contributed by atoms with Crippen LogP contribution >= 0.6 is 0 Å². The van der Waals surface area contributed by atoms with Crippen LogP contribution in [-0.4, -0.2) is 52.0 Å². The van der Waals surface area contributed by atoms with Gasteiger partial charge in [0.2, 0.25) is 5.95 Å². The molecule has 23 heavy (non-hydrogen) atoms. The van der Waals surface area contributed by atoms with Crippen molar-refractivity contribution < 1.29 is 10.2 Å². The van der Waals surface area contributed by atoms with Crippen LogP contribution in [-0.2, 0) is 0 Å². The van der Waals surface area contributed by atoms with E-state index in [4.69, 9.17) is 10.8 Å². The number of hydrogen-bond donors (Lipinski definition) is 4. The van der Waals surface area contributed by atoms with Crippen LogP contribution in [0.25, 0.3) is 0 Å². The van der Waals surface area contributed by atoms with Crippen molar-refractivity contribution in [1.82, 2.24) is 9.97 Å². The van der Waals surface area contributed by atoms with Gasteiger partial charge in [0.1, 0.15) is 11.6 Å². The Kier molecular flexibility index (Phi) is 4.59. The molecular weight excluding hydrogens is 294 g/mol. The number of nitrogens with two attached hydrogens (primary N) is 1. The van der Waals surface area contributed by atoms with E-state index in [-0.39, 0.29) is 18.5 Å². The largest absolute Gasteiger partial charge is 0.395 e. The van der Waals surface area contributed by atoms with E-state index >= 15 is 0 Å². The Balaban J connectivity index is 1.72. The fourth-order valence-electron chi connectivity index (χ4n) is 3.75. The number of nitrogen functional groups attached to an aromatic ring is 1. The molecule has 1 aromatic heterocycles. The molecule has 2 atom stereocenters. The quantitative estimate of drug-likeness (QED) is 0.636. The van der Waals surface area contributed by atoms with Gasteiger partial charge in [0.25, 0.3) is 0 Å². The average Bonchev–Trinajstić information content (AvgIpc) is 2.45. The van der Waals surface area contributed by atoms with Gasteiger partial charge in [0.05, 0.1) is 12.2 Å². The minimum absolute atomic E-state index is 0.0361. The Labute approximate surface area is 136 Å². The highest BCUT2D eigenvalue weighted by molar-refractivity contribution is 5.53. The number of nitrogens with one attached hydrogen (secondary N) is 1. The summed E-state index contributed by atoms with van der Waals surface area (Å²) >= 11 is 0. The third-order valence-corrected chi connectivity index (χ3v) is 5.41. The summed E-state index contributed by atoms with van der Waals surface area (Å²) in [5.74, 6) is 2.27. The molecule has 0 radical (unpaired) electrons. The number of hydrogen-bond acceptors (Lipinski definition) is 7. The summed E-state index contributed by atoms with van der Waals surface area (Å²) < 4.78 is 0. The summed E-state index contributed by atoms with van der Waals surface area (Å²) in [6, 6.07) is 1.85. The van der Waals surface area contributed by atoms with E-state index in [0.717, 1.165) is 38.2 Å². The number of rotatable bonds is 5. The molecule has 0 aromatic carbocycles. The first-order valence-electron chi connectivity index (χ1n) is 8.49. The number of nitrogens with zero attached hydrogens (tertiary/aromatic N) is 3. The zero-order valence-corrected chi connectivity index (χ0v) is 13.7. The molecule has 1 aliphatic carbocycles. The van der Waals surface area contributed by atoms with Crippen LogP contribution in [0.1, 0.15) is 32.6 Å². The van der Waals surface area contributed by atoms with E-state index in [0.29, 0.717) is 18.3 Å². The van der Waals surface area contributed by atoms with Gasteiger partial charge in [0.15, 0.2) is 0 Å². The predicted molar refractivity (Wildman–Crippen MR) is 90.3 cm³/mol. The minimum atomic E-state index is -0.536. The molecular formula is C16H27N5O2. The lowest BCUT2D eigenvalue weighted by molar-refractivity contribution is -0.102. The number of anilines is 3. The molecule has 7 nitrogen and oxygen atoms in total. The van der Waals surface area contributed by atoms with Gasteiger partial charge in [-0.15, -0.1) is 0 Å². The number of aliphatic hydroxyl groups is 2. The van der Waals surface area contributed by atoms with Gasteiger partial charge >= 0.3 is 0 Å². The zero-order valence-electron chi connectivity index (χ0n) is 13.7. The van der Waals surface area contributed by atoms with E-state index in [2.05, 4.69) is 27.1 Å². The second-order valence-electron chi connectivity index (χ2n) is 6.84. The lowest BCUT2D eigenvalue weighted by Crippen LogP contribution is -2.56. The normalized spacial score (nSPS) is 28.5. The van der Waals surface area contributed by atoms with E-state index < -0.39 is 5.60 Å². The summed E-state index contributed by atoms with van der Waals surface area (Å²) in [7, 11) is 0. The number of piperidine rings is 1. The molecule has 0 amide bonds. The SMILES string of the molecule is C[C@@H]1CN(c2cc(NCCO)nc(N)n2)CC[C@@]1(O)C1CCC1. The fraction of sp³-hybridized carbons (Fsp3) is 0.750. The van der Waals surface area contributed by atoms with Crippen molar-refractivity contribution in [3.8, 4) is 0 Å². The highest BCUT2D eigenvalue weighted by Gasteiger charge is 2.47. The van der Waals surface area contributed by atoms with Crippen molar-refractivity contribution in [2.45, 2.75) is 38.2 Å². The van der Waals surface area contributed by atoms with Gasteiger partial charge in [-0.1, -0.05) is 13.3 Å². The first kappa shape index (κ1) is 16.3. The molecule has 2 aliphatic rings. The van der Waals surface area contributed by atoms with Crippen molar-refractivity contribution in [2.75, 3.05) is 42.2 Å². The summed E-state index contributed by atoms with van der Waals surface area (Å²) in [5.41, 5.74) is 5.27. The summed E-state index contributed by atoms with van der Waals surface area (Å²) in [6.45, 7) is 4.12. The maximum atomic E-state index is 11.0. The second kappa shape index (κ2) is 6.49. The van der Waals surface area contributed by atoms with Crippen LogP contribution in [0.4, 0.5) is 17.6 Å². The average molecular weight is 321 g/mol. The Bertz CT molecular complexity index is 551. The molecule has 7 heteroatoms. The maximum Gasteiger partial charge on any atom is 0.223 e. The van der Waals surface area contributed by atoms with E-state index in [9.17, 15) is 5.11 Å². The minimum Gasteiger partial charge on any atom is -0.395 e. The van der Waals surface area contributed by atoms with Gasteiger partial charge in [0, 0.05) is 31.6 Å². The third kappa shape index (κ3) is 3.21. The van der Waals surface area contributed by atoms with Crippen molar-refractivity contribution in [2.24, 2.45) is 11.8 Å². The lowest BCUT2D eigenvalue weighted by Gasteiger charge is -2.50. The van der Waals surface area contributed by atoms with Gasteiger partial charge in [-0.2, -0.15) is 9.97 Å². The molecule has 128 valence electrons. The molecule has 0 unspecified atom stereocenters. The molecule has 0 bridgehead atoms. The second-order valence-corrected chi connectivity index (χ2v) is 6.84. The maximum absolute atomic E-state index is 11.0. The fourth-order valence-corrected chi connectivity index (χ4v) is 3.75. The highest BCUT2D eigenvalue weighted by Crippen LogP contribution is 2.45. The zero-order chi connectivity index (χ0) is 16.4. The van der Waals surface area contributed by atoms with Crippen LogP contribution in [0.5, 0.6) is 0 Å². The van der Waals surface area contributed by atoms with E-state index in [1.165, 1.54) is 6.42 Å². The van der Waals surface area contributed by atoms with E-state index in [1.807, 2.05) is 6.07 Å². The molecule has 0 spiro atoms. The number of aromatic nitrogens is 2. The van der Waals surface area contributed by atoms with Crippen LogP contribution in [0.15, 0.2) is 6.07 Å². The first-order valence-corrected chi connectivity index (χ1v) is 8.49. The molecule has 2 heterocycles. The molecule has 1 aliphatic heterocycles. The van der Waals surface area contributed by atoms with Gasteiger partial charge in [-0.05, 0) is 25.2 Å². The highest BCUT2D eigenvalue weighted by atomic mass is 16.3. The van der Waals surface area contributed by atoms with E-state index in [1.54, 1.807) is 0 Å². The standard InChI is InChI=1S/C16H27N5O2/c1-11-10-21(7-5-16(11,23)12-3-2-4-12)14-9-13(18-6-8-22)19-15(17)20-14/h9,11-12,22-23H,2-8,10H2,1H3,(H3,17,18,19,20)/t11-,16+/m1/s1. The first-order chi connectivity index (χ1) is 11.0. The molecule has 5 N–H and O–H groups in total. The Morgan fingerprint density at radius 1 is 1.43 bits per heavy atom. The molecule has 3 rings (SSSR count). The Morgan fingerprint density at radius 3 is 2.83 bits per heavy atom. The van der Waals surface area contributed by atoms with Gasteiger partial charge in [-0.25, -0.2) is 0 Å². The molecule has 1 aromatic rings. The van der Waals surface area contributed by atoms with Crippen LogP contribution < -0.4 is 16.0 Å². The summed E-state index contributed by atoms with van der Waals surface area (Å²) in [5, 5.41) is 23.0. The van der Waals surface area contributed by atoms with Gasteiger partial charge < -0.3 is 26.2 Å². The monoisotopic (exact) mass is 321 g/mol. The lowest BCUT2D eigenvalue weighted by atomic mass is 9.65. The van der Waals surface area contributed by atoms with Gasteiger partial charge in [-0.3, -0.25) is 0 Å². The van der Waals surface area contributed by atoms with Crippen molar-refractivity contribution in [3.63, 3.8) is 0 Å². The summed E-state index contributed by atoms with van der Waals surface area (Å²) in [6.07, 6.45) is 4.31. The smallest absolute Gasteiger partial charge is 0.223 e. The Hall–Kier alpha value is -1.60. The van der Waals surface area contributed by atoms with Crippen molar-refractivity contribution >= 4 is 17.6 Å². The molecule has 2 fully saturated rings. The van der Waals surface area contributed by atoms with Crippen LogP contribution in [0, 0.1) is 11.8 Å². The molecule has 1 saturated carbocycles. The van der Waals surface area contributed by atoms with Crippen LogP contribution in [0.3, 0.4) is 0 Å². The van der Waals surface area contributed by atoms with Crippen LogP contribution in [0.2, 0.25) is 0 Å². The Morgan fingerprint density at radius 2 is 2.22 bits per heavy atom. The topological polar surface area (TPSA) is 108 Å². The number of aliphatic hydroxyl groups excluding tert-OH is 1.